The molecule has 1 fully saturated rings. The topological polar surface area (TPSA) is 115 Å². The van der Waals surface area contributed by atoms with E-state index in [0.29, 0.717) is 83.3 Å². The van der Waals surface area contributed by atoms with Gasteiger partial charge in [-0.05, 0) is 35.9 Å². The molecule has 4 aromatic rings. The molecule has 0 spiro atoms. The van der Waals surface area contributed by atoms with E-state index >= 15 is 0 Å². The van der Waals surface area contributed by atoms with Gasteiger partial charge in [0, 0.05) is 25.2 Å². The zero-order valence-corrected chi connectivity index (χ0v) is 21.0. The third-order valence-electron chi connectivity index (χ3n) is 6.41. The van der Waals surface area contributed by atoms with Crippen LogP contribution in [0.5, 0.6) is 0 Å². The smallest absolute Gasteiger partial charge is 0.382 e. The number of alkyl halides is 3. The number of morpholine rings is 1. The summed E-state index contributed by atoms with van der Waals surface area (Å²) < 4.78 is 61.4. The molecule has 0 unspecified atom stereocenters. The van der Waals surface area contributed by atoms with Crippen LogP contribution in [-0.4, -0.2) is 51.8 Å². The minimum Gasteiger partial charge on any atom is -0.382 e. The van der Waals surface area contributed by atoms with Crippen molar-refractivity contribution in [2.75, 3.05) is 36.9 Å². The van der Waals surface area contributed by atoms with Gasteiger partial charge < -0.3 is 16.2 Å². The number of anilines is 3. The van der Waals surface area contributed by atoms with Crippen LogP contribution in [0.1, 0.15) is 11.3 Å². The first-order chi connectivity index (χ1) is 18.6. The molecule has 4 N–H and O–H groups in total. The number of benzene rings is 2. The Balaban J connectivity index is 1.57. The highest BCUT2D eigenvalue weighted by molar-refractivity contribution is 6.35. The monoisotopic (exact) mass is 563 g/mol. The summed E-state index contributed by atoms with van der Waals surface area (Å²) in [6, 6.07) is 6.56. The lowest BCUT2D eigenvalue weighted by molar-refractivity contribution is -0.137. The lowest BCUT2D eigenvalue weighted by Crippen LogP contribution is -2.36. The number of nitrogens with zero attached hydrogens (tertiary/aromatic N) is 5. The van der Waals surface area contributed by atoms with E-state index in [2.05, 4.69) is 15.0 Å². The molecule has 2 aromatic heterocycles. The van der Waals surface area contributed by atoms with Crippen LogP contribution in [0.15, 0.2) is 48.8 Å². The Labute approximate surface area is 224 Å². The third-order valence-corrected chi connectivity index (χ3v) is 6.82. The van der Waals surface area contributed by atoms with Gasteiger partial charge in [0.05, 0.1) is 40.9 Å². The minimum atomic E-state index is -4.75. The number of urea groups is 1. The van der Waals surface area contributed by atoms with E-state index in [4.69, 9.17) is 27.8 Å². The molecule has 0 aliphatic carbocycles. The highest BCUT2D eigenvalue weighted by Gasteiger charge is 2.33. The maximum atomic E-state index is 14.6. The summed E-state index contributed by atoms with van der Waals surface area (Å²) in [6.45, 7) is 3.08. The predicted octanol–water partition coefficient (Wildman–Crippen LogP) is 4.84. The molecule has 0 radical (unpaired) electrons. The number of nitrogen functional groups attached to an aromatic ring is 1. The molecule has 39 heavy (non-hydrogen) atoms. The Morgan fingerprint density at radius 1 is 1.13 bits per heavy atom. The van der Waals surface area contributed by atoms with Crippen molar-refractivity contribution >= 4 is 40.3 Å². The summed E-state index contributed by atoms with van der Waals surface area (Å²) in [5.74, 6) is -0.867. The number of hydrogen-bond donors (Lipinski definition) is 2. The predicted molar refractivity (Wildman–Crippen MR) is 137 cm³/mol. The number of ether oxygens (including phenoxy) is 1. The number of rotatable bonds is 5. The van der Waals surface area contributed by atoms with E-state index in [1.165, 1.54) is 18.5 Å². The maximum absolute atomic E-state index is 14.6. The molecule has 2 amide bonds. The lowest BCUT2D eigenvalue weighted by atomic mass is 10.1. The Hall–Kier alpha value is -3.94. The normalized spacial score (nSPS) is 14.6. The summed E-state index contributed by atoms with van der Waals surface area (Å²) in [5.41, 5.74) is 12.2. The standard InChI is InChI=1S/C25H22ClF4N7O2/c26-21-19(12-35-7-9-39-10-8-35)37-22(23(31)33-13-34-37)20(21)14-1-4-16(5-2-14)36(24(32)38)18-11-15(25(28,29)30)3-6-17(18)27/h1-6,11,13H,7-10,12H2,(H2,32,38)(H2,31,33,34). The highest BCUT2D eigenvalue weighted by atomic mass is 35.5. The third kappa shape index (κ3) is 5.07. The van der Waals surface area contributed by atoms with Gasteiger partial charge in [0.1, 0.15) is 17.7 Å². The average Bonchev–Trinajstić information content (AvgIpc) is 3.18. The second-order valence-electron chi connectivity index (χ2n) is 8.81. The first-order valence-corrected chi connectivity index (χ1v) is 12.1. The van der Waals surface area contributed by atoms with Crippen LogP contribution in [0.2, 0.25) is 5.02 Å². The quantitative estimate of drug-likeness (QED) is 0.336. The van der Waals surface area contributed by atoms with Crippen molar-refractivity contribution in [3.8, 4) is 11.1 Å². The van der Waals surface area contributed by atoms with Crippen LogP contribution in [-0.2, 0) is 17.5 Å². The molecule has 14 heteroatoms. The van der Waals surface area contributed by atoms with Crippen LogP contribution < -0.4 is 16.4 Å². The van der Waals surface area contributed by atoms with Crippen molar-refractivity contribution in [1.82, 2.24) is 19.5 Å². The van der Waals surface area contributed by atoms with Crippen molar-refractivity contribution in [2.45, 2.75) is 12.7 Å². The number of aromatic nitrogens is 3. The summed E-state index contributed by atoms with van der Waals surface area (Å²) in [4.78, 5) is 19.2. The zero-order chi connectivity index (χ0) is 27.9. The summed E-state index contributed by atoms with van der Waals surface area (Å²) >= 11 is 6.86. The molecular formula is C25H22ClF4N7O2. The maximum Gasteiger partial charge on any atom is 0.416 e. The van der Waals surface area contributed by atoms with E-state index in [1.807, 2.05) is 0 Å². The number of fused-ring (bicyclic) bond motifs is 1. The minimum absolute atomic E-state index is 0.0434. The molecule has 9 nitrogen and oxygen atoms in total. The van der Waals surface area contributed by atoms with Gasteiger partial charge >= 0.3 is 12.2 Å². The van der Waals surface area contributed by atoms with Gasteiger partial charge in [-0.25, -0.2) is 18.7 Å². The molecule has 3 heterocycles. The molecule has 0 atom stereocenters. The molecule has 5 rings (SSSR count). The van der Waals surface area contributed by atoms with E-state index in [-0.39, 0.29) is 11.5 Å². The van der Waals surface area contributed by atoms with Crippen molar-refractivity contribution in [2.24, 2.45) is 5.73 Å². The average molecular weight is 564 g/mol. The number of halogens is 5. The number of hydrogen-bond acceptors (Lipinski definition) is 6. The van der Waals surface area contributed by atoms with Crippen molar-refractivity contribution in [3.05, 3.63) is 70.9 Å². The van der Waals surface area contributed by atoms with Gasteiger partial charge in [-0.15, -0.1) is 0 Å². The summed E-state index contributed by atoms with van der Waals surface area (Å²) in [6.07, 6.45) is -3.42. The first-order valence-electron chi connectivity index (χ1n) is 11.7. The highest BCUT2D eigenvalue weighted by Crippen LogP contribution is 2.41. The molecule has 1 aliphatic heterocycles. The second-order valence-corrected chi connectivity index (χ2v) is 9.19. The Morgan fingerprint density at radius 2 is 1.82 bits per heavy atom. The number of amides is 2. The number of primary amides is 1. The Kier molecular flexibility index (Phi) is 7.05. The second kappa shape index (κ2) is 10.3. The van der Waals surface area contributed by atoms with Gasteiger partial charge in [0.15, 0.2) is 5.82 Å². The van der Waals surface area contributed by atoms with Gasteiger partial charge in [-0.1, -0.05) is 23.7 Å². The molecule has 0 bridgehead atoms. The first kappa shape index (κ1) is 26.7. The number of carbonyl (C=O) groups is 1. The van der Waals surface area contributed by atoms with Gasteiger partial charge in [0.2, 0.25) is 0 Å². The van der Waals surface area contributed by atoms with Crippen LogP contribution >= 0.6 is 11.6 Å². The lowest BCUT2D eigenvalue weighted by Gasteiger charge is -2.26. The molecule has 0 saturated carbocycles. The fraction of sp³-hybridized carbons (Fsp3) is 0.240. The van der Waals surface area contributed by atoms with E-state index in [1.54, 1.807) is 16.6 Å². The van der Waals surface area contributed by atoms with E-state index in [9.17, 15) is 22.4 Å². The summed E-state index contributed by atoms with van der Waals surface area (Å²) in [5, 5.41) is 4.73. The molecule has 2 aromatic carbocycles. The van der Waals surface area contributed by atoms with Gasteiger partial charge in [-0.3, -0.25) is 9.80 Å². The van der Waals surface area contributed by atoms with Crippen LogP contribution in [0.4, 0.5) is 39.5 Å². The fourth-order valence-electron chi connectivity index (χ4n) is 4.54. The van der Waals surface area contributed by atoms with Gasteiger partial charge in [0.25, 0.3) is 0 Å². The van der Waals surface area contributed by atoms with E-state index in [0.717, 1.165) is 0 Å². The van der Waals surface area contributed by atoms with Crippen LogP contribution in [0, 0.1) is 5.82 Å². The largest absolute Gasteiger partial charge is 0.416 e. The zero-order valence-electron chi connectivity index (χ0n) is 20.3. The SMILES string of the molecule is NC(=O)N(c1ccc(-c2c(Cl)c(CN3CCOCC3)n3ncnc(N)c23)cc1)c1cc(C(F)(F)F)ccc1F. The van der Waals surface area contributed by atoms with Gasteiger partial charge in [-0.2, -0.15) is 18.3 Å². The van der Waals surface area contributed by atoms with Crippen molar-refractivity contribution in [3.63, 3.8) is 0 Å². The fourth-order valence-corrected chi connectivity index (χ4v) is 4.88. The van der Waals surface area contributed by atoms with Crippen molar-refractivity contribution in [1.29, 1.82) is 0 Å². The molecule has 1 saturated heterocycles. The van der Waals surface area contributed by atoms with Crippen LogP contribution in [0.3, 0.4) is 0 Å². The molecule has 204 valence electrons. The Morgan fingerprint density at radius 3 is 2.46 bits per heavy atom. The number of carbonyl (C=O) groups excluding carboxylic acids is 1. The number of nitrogens with two attached hydrogens (primary N) is 2. The Bertz CT molecular complexity index is 1540. The van der Waals surface area contributed by atoms with Crippen LogP contribution in [0.25, 0.3) is 16.6 Å². The summed E-state index contributed by atoms with van der Waals surface area (Å²) in [7, 11) is 0. The van der Waals surface area contributed by atoms with Crippen molar-refractivity contribution < 1.29 is 27.1 Å². The molecular weight excluding hydrogens is 542 g/mol. The van der Waals surface area contributed by atoms with E-state index < -0.39 is 29.3 Å². The molecule has 1 aliphatic rings.